The predicted octanol–water partition coefficient (Wildman–Crippen LogP) is 1.72. The molecule has 10 heteroatoms. The van der Waals surface area contributed by atoms with Gasteiger partial charge in [0.25, 0.3) is 0 Å². The molecule has 0 radical (unpaired) electrons. The molecule has 0 saturated carbocycles. The molecule has 2 aromatic rings. The fourth-order valence-electron chi connectivity index (χ4n) is 3.77. The lowest BCUT2D eigenvalue weighted by Gasteiger charge is -2.40. The van der Waals surface area contributed by atoms with Gasteiger partial charge in [0.2, 0.25) is 5.91 Å². The molecule has 0 bridgehead atoms. The third-order valence-corrected chi connectivity index (χ3v) is 5.29. The van der Waals surface area contributed by atoms with Gasteiger partial charge in [-0.2, -0.15) is 0 Å². The molecule has 1 unspecified atom stereocenters. The van der Waals surface area contributed by atoms with E-state index in [4.69, 9.17) is 4.74 Å². The summed E-state index contributed by atoms with van der Waals surface area (Å²) < 4.78 is 7.48. The number of carbonyl (C=O) groups is 3. The van der Waals surface area contributed by atoms with E-state index in [9.17, 15) is 14.4 Å². The highest BCUT2D eigenvalue weighted by Gasteiger charge is 2.38. The molecule has 1 aliphatic rings. The number of nitrogens with one attached hydrogen (secondary N) is 2. The van der Waals surface area contributed by atoms with Gasteiger partial charge >= 0.3 is 12.1 Å². The molecule has 4 amide bonds. The van der Waals surface area contributed by atoms with Gasteiger partial charge in [0.1, 0.15) is 17.5 Å². The molecule has 1 fully saturated rings. The number of rotatable bonds is 4. The Hall–Kier alpha value is -3.30. The van der Waals surface area contributed by atoms with E-state index in [-0.39, 0.29) is 25.0 Å². The van der Waals surface area contributed by atoms with Crippen molar-refractivity contribution in [1.29, 1.82) is 0 Å². The van der Waals surface area contributed by atoms with Crippen LogP contribution in [0.2, 0.25) is 0 Å². The van der Waals surface area contributed by atoms with E-state index in [0.717, 1.165) is 16.9 Å². The van der Waals surface area contributed by atoms with Crippen molar-refractivity contribution in [2.24, 2.45) is 0 Å². The van der Waals surface area contributed by atoms with Crippen molar-refractivity contribution in [3.05, 3.63) is 30.1 Å². The topological polar surface area (TPSA) is 109 Å². The average Bonchev–Trinajstić information content (AvgIpc) is 3.06. The molecular weight excluding hydrogens is 412 g/mol. The van der Waals surface area contributed by atoms with Gasteiger partial charge in [-0.25, -0.2) is 14.6 Å². The number of ether oxygens (including phenoxy) is 1. The molecule has 174 valence electrons. The van der Waals surface area contributed by atoms with Crippen molar-refractivity contribution in [3.8, 4) is 0 Å². The van der Waals surface area contributed by atoms with Gasteiger partial charge in [-0.3, -0.25) is 4.79 Å². The first-order valence-electron chi connectivity index (χ1n) is 10.8. The van der Waals surface area contributed by atoms with Crippen molar-refractivity contribution in [2.75, 3.05) is 33.2 Å². The van der Waals surface area contributed by atoms with E-state index < -0.39 is 17.7 Å². The number of nitrogens with zero attached hydrogens (tertiary/aromatic N) is 4. The molecule has 1 saturated heterocycles. The van der Waals surface area contributed by atoms with Gasteiger partial charge in [-0.05, 0) is 39.8 Å². The summed E-state index contributed by atoms with van der Waals surface area (Å²) in [6, 6.07) is 6.67. The molecule has 1 aliphatic heterocycles. The quantitative estimate of drug-likeness (QED) is 0.746. The monoisotopic (exact) mass is 444 g/mol. The Morgan fingerprint density at radius 2 is 1.91 bits per heavy atom. The van der Waals surface area contributed by atoms with Crippen LogP contribution < -0.4 is 10.6 Å². The van der Waals surface area contributed by atoms with E-state index in [1.807, 2.05) is 35.8 Å². The minimum absolute atomic E-state index is 0.0706. The van der Waals surface area contributed by atoms with Crippen molar-refractivity contribution >= 4 is 29.1 Å². The normalized spacial score (nSPS) is 16.7. The average molecular weight is 445 g/mol. The lowest BCUT2D eigenvalue weighted by Crippen LogP contribution is -2.63. The zero-order chi connectivity index (χ0) is 23.5. The molecule has 1 aromatic heterocycles. The van der Waals surface area contributed by atoms with Crippen LogP contribution >= 0.6 is 0 Å². The van der Waals surface area contributed by atoms with E-state index in [2.05, 4.69) is 15.6 Å². The summed E-state index contributed by atoms with van der Waals surface area (Å²) in [4.78, 5) is 45.3. The molecule has 32 heavy (non-hydrogen) atoms. The number of aromatic nitrogens is 2. The Morgan fingerprint density at radius 3 is 2.59 bits per heavy atom. The fourth-order valence-corrected chi connectivity index (χ4v) is 3.77. The molecule has 0 aliphatic carbocycles. The van der Waals surface area contributed by atoms with Crippen molar-refractivity contribution in [2.45, 2.75) is 45.9 Å². The van der Waals surface area contributed by atoms with Crippen molar-refractivity contribution in [3.63, 3.8) is 0 Å². The number of para-hydroxylation sites is 2. The molecule has 10 nitrogen and oxygen atoms in total. The number of hydrogen-bond donors (Lipinski definition) is 2. The van der Waals surface area contributed by atoms with Crippen molar-refractivity contribution < 1.29 is 19.1 Å². The third-order valence-electron chi connectivity index (χ3n) is 5.29. The van der Waals surface area contributed by atoms with E-state index in [1.165, 1.54) is 16.8 Å². The molecule has 2 N–H and O–H groups in total. The second-order valence-corrected chi connectivity index (χ2v) is 8.78. The second kappa shape index (κ2) is 9.46. The van der Waals surface area contributed by atoms with Crippen LogP contribution in [0.1, 0.15) is 26.6 Å². The van der Waals surface area contributed by atoms with E-state index in [0.29, 0.717) is 19.6 Å². The summed E-state index contributed by atoms with van der Waals surface area (Å²) in [5.41, 5.74) is 1.26. The zero-order valence-corrected chi connectivity index (χ0v) is 19.3. The summed E-state index contributed by atoms with van der Waals surface area (Å²) in [5.74, 6) is 0.546. The number of carbonyl (C=O) groups excluding carboxylic acids is 3. The van der Waals surface area contributed by atoms with Crippen LogP contribution in [0.15, 0.2) is 24.3 Å². The number of benzene rings is 1. The highest BCUT2D eigenvalue weighted by atomic mass is 16.6. The highest BCUT2D eigenvalue weighted by Crippen LogP contribution is 2.17. The Labute approximate surface area is 187 Å². The molecule has 3 rings (SSSR count). The SMILES string of the molecule is CNC(=O)N1CCN(C(=O)OC(C)(C)C)CC1C(=O)NCCn1c(C)nc2ccccc21. The Balaban J connectivity index is 1.67. The third kappa shape index (κ3) is 5.30. The Morgan fingerprint density at radius 1 is 1.19 bits per heavy atom. The molecule has 1 atom stereocenters. The number of fused-ring (bicyclic) bond motifs is 1. The van der Waals surface area contributed by atoms with E-state index in [1.54, 1.807) is 20.8 Å². The lowest BCUT2D eigenvalue weighted by molar-refractivity contribution is -0.127. The van der Waals surface area contributed by atoms with Crippen LogP contribution in [-0.4, -0.2) is 82.3 Å². The summed E-state index contributed by atoms with van der Waals surface area (Å²) in [6.45, 7) is 8.81. The maximum Gasteiger partial charge on any atom is 0.410 e. The largest absolute Gasteiger partial charge is 0.444 e. The number of amides is 4. The van der Waals surface area contributed by atoms with Crippen LogP contribution in [0.5, 0.6) is 0 Å². The first-order valence-corrected chi connectivity index (χ1v) is 10.8. The lowest BCUT2D eigenvalue weighted by atomic mass is 10.1. The minimum Gasteiger partial charge on any atom is -0.444 e. The number of hydrogen-bond acceptors (Lipinski definition) is 5. The summed E-state index contributed by atoms with van der Waals surface area (Å²) in [6.07, 6.45) is -0.493. The Kier molecular flexibility index (Phi) is 6.90. The summed E-state index contributed by atoms with van der Waals surface area (Å²) in [7, 11) is 1.52. The van der Waals surface area contributed by atoms with Gasteiger partial charge in [-0.15, -0.1) is 0 Å². The summed E-state index contributed by atoms with van der Waals surface area (Å²) in [5, 5.41) is 5.48. The first-order chi connectivity index (χ1) is 15.1. The van der Waals surface area contributed by atoms with Crippen LogP contribution in [0.4, 0.5) is 9.59 Å². The second-order valence-electron chi connectivity index (χ2n) is 8.78. The minimum atomic E-state index is -0.808. The van der Waals surface area contributed by atoms with Gasteiger partial charge in [-0.1, -0.05) is 12.1 Å². The fraction of sp³-hybridized carbons (Fsp3) is 0.545. The number of piperazine rings is 1. The number of imidazole rings is 1. The molecule has 2 heterocycles. The maximum atomic E-state index is 13.0. The van der Waals surface area contributed by atoms with Gasteiger partial charge in [0, 0.05) is 33.2 Å². The van der Waals surface area contributed by atoms with Gasteiger partial charge in [0.05, 0.1) is 17.6 Å². The molecule has 1 aromatic carbocycles. The standard InChI is InChI=1S/C22H32N6O4/c1-15-25-16-8-6-7-9-17(16)27(15)11-10-24-19(29)18-14-26(21(31)32-22(2,3)4)12-13-28(18)20(30)23-5/h6-9,18H,10-14H2,1-5H3,(H,23,30)(H,24,29). The predicted molar refractivity (Wildman–Crippen MR) is 120 cm³/mol. The number of aryl methyl sites for hydroxylation is 1. The van der Waals surface area contributed by atoms with Gasteiger partial charge < -0.3 is 29.7 Å². The smallest absolute Gasteiger partial charge is 0.410 e. The first kappa shape index (κ1) is 23.4. The maximum absolute atomic E-state index is 13.0. The number of urea groups is 1. The highest BCUT2D eigenvalue weighted by molar-refractivity contribution is 5.88. The molecule has 0 spiro atoms. The van der Waals surface area contributed by atoms with Crippen LogP contribution in [0.25, 0.3) is 11.0 Å². The zero-order valence-electron chi connectivity index (χ0n) is 19.3. The van der Waals surface area contributed by atoms with Crippen molar-refractivity contribution in [1.82, 2.24) is 30.0 Å². The molecular formula is C22H32N6O4. The Bertz CT molecular complexity index is 996. The van der Waals surface area contributed by atoms with Gasteiger partial charge in [0.15, 0.2) is 0 Å². The van der Waals surface area contributed by atoms with E-state index >= 15 is 0 Å². The van der Waals surface area contributed by atoms with Crippen LogP contribution in [-0.2, 0) is 16.1 Å². The van der Waals surface area contributed by atoms with Crippen LogP contribution in [0.3, 0.4) is 0 Å². The summed E-state index contributed by atoms with van der Waals surface area (Å²) >= 11 is 0. The van der Waals surface area contributed by atoms with Crippen LogP contribution in [0, 0.1) is 6.92 Å².